The van der Waals surface area contributed by atoms with Crippen LogP contribution in [-0.4, -0.2) is 12.9 Å². The summed E-state index contributed by atoms with van der Waals surface area (Å²) in [6, 6.07) is 0. The zero-order valence-corrected chi connectivity index (χ0v) is 3.26. The smallest absolute Gasteiger partial charge is 0.351 e. The molecule has 1 rings (SSSR count). The van der Waals surface area contributed by atoms with Gasteiger partial charge in [0.25, 0.3) is 0 Å². The highest BCUT2D eigenvalue weighted by Crippen LogP contribution is 1.77. The van der Waals surface area contributed by atoms with E-state index in [2.05, 4.69) is 4.42 Å². The van der Waals surface area contributed by atoms with Gasteiger partial charge >= 0.3 is 12.5 Å². The molecule has 0 radical (unpaired) electrons. The number of rotatable bonds is 0. The summed E-state index contributed by atoms with van der Waals surface area (Å²) < 4.78 is 9.35. The van der Waals surface area contributed by atoms with Gasteiger partial charge in [-0.3, -0.25) is 0 Å². The summed E-state index contributed by atoms with van der Waals surface area (Å²) in [5.41, 5.74) is 0. The first-order valence-corrected chi connectivity index (χ1v) is 1.74. The Morgan fingerprint density at radius 2 is 2.67 bits per heavy atom. The van der Waals surface area contributed by atoms with Crippen molar-refractivity contribution in [1.29, 1.82) is 0 Å². The van der Waals surface area contributed by atoms with E-state index in [1.54, 1.807) is 6.29 Å². The first kappa shape index (κ1) is 3.40. The molecule has 0 fully saturated rings. The predicted octanol–water partition coefficient (Wildman–Crippen LogP) is 0.222. The van der Waals surface area contributed by atoms with Crippen LogP contribution < -0.4 is 0 Å². The number of hydrogen-bond acceptors (Lipinski definition) is 1. The molecule has 0 aliphatic carbocycles. The summed E-state index contributed by atoms with van der Waals surface area (Å²) in [6.45, 7) is 0.566. The Bertz CT molecular complexity index is 71.5. The summed E-state index contributed by atoms with van der Waals surface area (Å²) in [5, 5.41) is 0. The van der Waals surface area contributed by atoms with Gasteiger partial charge in [0.2, 0.25) is 0 Å². The summed E-state index contributed by atoms with van der Waals surface area (Å²) >= 11 is 0. The molecule has 0 aromatic carbocycles. The molecule has 2 heteroatoms. The molecule has 0 saturated heterocycles. The third-order valence-electron chi connectivity index (χ3n) is 0.491. The highest BCUT2D eigenvalue weighted by molar-refractivity contribution is 5.51. The normalized spacial score (nSPS) is 17.3. The van der Waals surface area contributed by atoms with Gasteiger partial charge in [0.05, 0.1) is 0 Å². The van der Waals surface area contributed by atoms with Crippen LogP contribution in [0.4, 0.5) is 0 Å². The zero-order chi connectivity index (χ0) is 4.24. The molecule has 1 aliphatic heterocycles. The summed E-state index contributed by atoms with van der Waals surface area (Å²) in [6.07, 6.45) is 4.59. The first-order chi connectivity index (χ1) is 3.00. The van der Waals surface area contributed by atoms with Gasteiger partial charge in [0.15, 0.2) is 12.9 Å². The lowest BCUT2D eigenvalue weighted by atomic mass is 10.8. The maximum absolute atomic E-state index is 4.71. The van der Waals surface area contributed by atoms with E-state index in [-0.39, 0.29) is 0 Å². The molecule has 0 bridgehead atoms. The molecule has 1 heterocycles. The van der Waals surface area contributed by atoms with E-state index < -0.39 is 0 Å². The number of ether oxygens (including phenoxy) is 1. The largest absolute Gasteiger partial charge is 0.479 e. The Morgan fingerprint density at radius 3 is 2.83 bits per heavy atom. The Morgan fingerprint density at radius 1 is 1.67 bits per heavy atom. The third-order valence-corrected chi connectivity index (χ3v) is 0.491. The van der Waals surface area contributed by atoms with E-state index in [4.69, 9.17) is 4.74 Å². The van der Waals surface area contributed by atoms with Crippen LogP contribution >= 0.6 is 0 Å². The molecule has 0 aromatic rings. The molecule has 0 spiro atoms. The SMILES string of the molecule is C1=C[O+]=CCO1. The van der Waals surface area contributed by atoms with E-state index in [0.717, 1.165) is 0 Å². The Kier molecular flexibility index (Phi) is 0.906. The Hall–Kier alpha value is -0.790. The number of carbonyl (C=O) groups excluding carboxylic acids is 1. The first-order valence-electron chi connectivity index (χ1n) is 1.74. The van der Waals surface area contributed by atoms with Crippen molar-refractivity contribution < 1.29 is 9.16 Å². The molecule has 2 nitrogen and oxygen atoms in total. The van der Waals surface area contributed by atoms with Crippen molar-refractivity contribution >= 4 is 6.29 Å². The van der Waals surface area contributed by atoms with Crippen molar-refractivity contribution in [2.45, 2.75) is 0 Å². The van der Waals surface area contributed by atoms with E-state index in [1.807, 2.05) is 0 Å². The molecular weight excluding hydrogens is 80.0 g/mol. The fraction of sp³-hybridized carbons (Fsp3) is 0.250. The maximum Gasteiger partial charge on any atom is 0.351 e. The monoisotopic (exact) mass is 85.0 g/mol. The minimum atomic E-state index is 0.566. The van der Waals surface area contributed by atoms with Gasteiger partial charge in [0, 0.05) is 0 Å². The molecule has 0 amide bonds. The van der Waals surface area contributed by atoms with Crippen molar-refractivity contribution in [2.24, 2.45) is 0 Å². The van der Waals surface area contributed by atoms with Crippen molar-refractivity contribution in [3.63, 3.8) is 0 Å². The molecule has 0 unspecified atom stereocenters. The van der Waals surface area contributed by atoms with Gasteiger partial charge in [-0.1, -0.05) is 0 Å². The topological polar surface area (TPSA) is 20.5 Å². The van der Waals surface area contributed by atoms with Crippen LogP contribution in [0.3, 0.4) is 0 Å². The average Bonchev–Trinajstić information content (AvgIpc) is 1.72. The summed E-state index contributed by atoms with van der Waals surface area (Å²) in [5.74, 6) is 0. The average molecular weight is 85.1 g/mol. The van der Waals surface area contributed by atoms with Crippen LogP contribution in [0.25, 0.3) is 0 Å². The molecule has 0 aromatic heterocycles. The quantitative estimate of drug-likeness (QED) is 0.304. The van der Waals surface area contributed by atoms with Gasteiger partial charge in [-0.25, -0.2) is 4.42 Å². The fourth-order valence-electron chi connectivity index (χ4n) is 0.261. The second-order valence-electron chi connectivity index (χ2n) is 0.908. The third kappa shape index (κ3) is 0.578. The predicted molar refractivity (Wildman–Crippen MR) is 21.2 cm³/mol. The van der Waals surface area contributed by atoms with Crippen LogP contribution in [-0.2, 0) is 9.16 Å². The molecule has 0 saturated carbocycles. The van der Waals surface area contributed by atoms with Crippen LogP contribution in [0.15, 0.2) is 12.5 Å². The lowest BCUT2D eigenvalue weighted by molar-refractivity contribution is -0.375. The fourth-order valence-corrected chi connectivity index (χ4v) is 0.261. The second-order valence-corrected chi connectivity index (χ2v) is 0.908. The van der Waals surface area contributed by atoms with Crippen molar-refractivity contribution in [1.82, 2.24) is 0 Å². The molecular formula is C4H5O2+. The van der Waals surface area contributed by atoms with Crippen LogP contribution in [0.2, 0.25) is 0 Å². The highest BCUT2D eigenvalue weighted by atomic mass is 16.5. The van der Waals surface area contributed by atoms with Gasteiger partial charge in [-0.2, -0.15) is 0 Å². The van der Waals surface area contributed by atoms with Gasteiger partial charge in [-0.05, 0) is 0 Å². The van der Waals surface area contributed by atoms with E-state index in [9.17, 15) is 0 Å². The minimum Gasteiger partial charge on any atom is -0.479 e. The maximum atomic E-state index is 4.71. The van der Waals surface area contributed by atoms with E-state index in [1.165, 1.54) is 12.5 Å². The zero-order valence-electron chi connectivity index (χ0n) is 3.26. The number of aldehydes is 1. The van der Waals surface area contributed by atoms with Crippen LogP contribution in [0, 0.1) is 0 Å². The van der Waals surface area contributed by atoms with Crippen LogP contribution in [0.5, 0.6) is 0 Å². The Balaban J connectivity index is 2.46. The van der Waals surface area contributed by atoms with E-state index in [0.29, 0.717) is 6.61 Å². The molecule has 32 valence electrons. The second kappa shape index (κ2) is 1.60. The van der Waals surface area contributed by atoms with Crippen molar-refractivity contribution in [2.75, 3.05) is 6.61 Å². The molecule has 0 N–H and O–H groups in total. The standard InChI is InChI=1S/C4H5O2/c1-2-6-4-3-5-1/h1-3H,4H2/q+1. The molecule has 1 aliphatic rings. The van der Waals surface area contributed by atoms with Gasteiger partial charge in [0.1, 0.15) is 0 Å². The van der Waals surface area contributed by atoms with E-state index >= 15 is 0 Å². The van der Waals surface area contributed by atoms with Crippen LogP contribution in [0.1, 0.15) is 0 Å². The lowest BCUT2D eigenvalue weighted by Crippen LogP contribution is -1.93. The van der Waals surface area contributed by atoms with Crippen molar-refractivity contribution in [3.8, 4) is 0 Å². The lowest BCUT2D eigenvalue weighted by Gasteiger charge is -1.85. The minimum absolute atomic E-state index is 0.566. The molecule has 6 heavy (non-hydrogen) atoms. The summed E-state index contributed by atoms with van der Waals surface area (Å²) in [4.78, 5) is 0. The Labute approximate surface area is 35.7 Å². The highest BCUT2D eigenvalue weighted by Gasteiger charge is 1.90. The van der Waals surface area contributed by atoms with Gasteiger partial charge < -0.3 is 4.74 Å². The molecule has 0 atom stereocenters. The van der Waals surface area contributed by atoms with Gasteiger partial charge in [-0.15, -0.1) is 0 Å². The number of hydrogen-bond donors (Lipinski definition) is 0. The van der Waals surface area contributed by atoms with Crippen molar-refractivity contribution in [3.05, 3.63) is 12.5 Å². The summed E-state index contributed by atoms with van der Waals surface area (Å²) in [7, 11) is 0.